The molecule has 3 aromatic rings. The average Bonchev–Trinajstić information content (AvgIpc) is 2.67. The molecule has 0 fully saturated rings. The Morgan fingerprint density at radius 1 is 1.19 bits per heavy atom. The van der Waals surface area contributed by atoms with Crippen LogP contribution in [-0.4, -0.2) is 31.8 Å². The highest BCUT2D eigenvalue weighted by atomic mass is 19.4. The Morgan fingerprint density at radius 3 is 2.58 bits per heavy atom. The molecule has 9 heteroatoms. The van der Waals surface area contributed by atoms with Crippen LogP contribution >= 0.6 is 0 Å². The molecule has 31 heavy (non-hydrogen) atoms. The lowest BCUT2D eigenvalue weighted by Gasteiger charge is -2.49. The number of aromatic hydroxyl groups is 1. The van der Waals surface area contributed by atoms with E-state index in [9.17, 15) is 28.2 Å². The number of phenols is 1. The second kappa shape index (κ2) is 6.71. The highest BCUT2D eigenvalue weighted by Crippen LogP contribution is 2.54. The van der Waals surface area contributed by atoms with Crippen LogP contribution in [0.1, 0.15) is 37.4 Å². The van der Waals surface area contributed by atoms with E-state index in [1.165, 1.54) is 31.4 Å². The minimum atomic E-state index is -4.93. The van der Waals surface area contributed by atoms with Gasteiger partial charge in [-0.15, -0.1) is 0 Å². The van der Waals surface area contributed by atoms with Crippen molar-refractivity contribution in [3.05, 3.63) is 64.1 Å². The molecule has 164 valence electrons. The number of aliphatic hydroxyl groups is 1. The Morgan fingerprint density at radius 2 is 1.90 bits per heavy atom. The largest absolute Gasteiger partial charge is 0.508 e. The fourth-order valence-electron chi connectivity index (χ4n) is 4.51. The van der Waals surface area contributed by atoms with E-state index in [2.05, 4.69) is 10.4 Å². The minimum absolute atomic E-state index is 0.0686. The third kappa shape index (κ3) is 3.23. The molecule has 6 nitrogen and oxygen atoms in total. The number of aryl methyl sites for hydroxylation is 1. The lowest BCUT2D eigenvalue weighted by Crippen LogP contribution is -2.58. The van der Waals surface area contributed by atoms with Gasteiger partial charge in [0.1, 0.15) is 5.75 Å². The molecule has 0 saturated carbocycles. The lowest BCUT2D eigenvalue weighted by atomic mass is 9.63. The summed E-state index contributed by atoms with van der Waals surface area (Å²) in [5.41, 5.74) is -3.55. The summed E-state index contributed by atoms with van der Waals surface area (Å²) in [7, 11) is 1.48. The number of alkyl halides is 3. The number of hydrogen-bond acceptors (Lipinski definition) is 5. The molecule has 0 spiro atoms. The fraction of sp³-hybridized carbons (Fsp3) is 0.364. The van der Waals surface area contributed by atoms with Crippen LogP contribution in [0, 0.1) is 0 Å². The van der Waals surface area contributed by atoms with Crippen LogP contribution in [0.5, 0.6) is 5.75 Å². The van der Waals surface area contributed by atoms with Crippen molar-refractivity contribution < 1.29 is 23.4 Å². The molecule has 3 N–H and O–H groups in total. The molecule has 2 unspecified atom stereocenters. The van der Waals surface area contributed by atoms with E-state index in [4.69, 9.17) is 0 Å². The smallest absolute Gasteiger partial charge is 0.419 e. The van der Waals surface area contributed by atoms with Gasteiger partial charge in [0.25, 0.3) is 5.56 Å². The van der Waals surface area contributed by atoms with Crippen molar-refractivity contribution in [2.45, 2.75) is 43.5 Å². The van der Waals surface area contributed by atoms with E-state index in [1.54, 1.807) is 32.0 Å². The zero-order valence-electron chi connectivity index (χ0n) is 17.2. The molecule has 0 saturated heterocycles. The summed E-state index contributed by atoms with van der Waals surface area (Å²) in [4.78, 5) is 12.4. The Labute approximate surface area is 175 Å². The first kappa shape index (κ1) is 21.2. The van der Waals surface area contributed by atoms with E-state index in [1.807, 2.05) is 0 Å². The topological polar surface area (TPSA) is 87.4 Å². The van der Waals surface area contributed by atoms with Gasteiger partial charge in [-0.2, -0.15) is 18.3 Å². The number of nitrogens with one attached hydrogen (secondary N) is 1. The minimum Gasteiger partial charge on any atom is -0.508 e. The second-order valence-corrected chi connectivity index (χ2v) is 8.67. The van der Waals surface area contributed by atoms with Crippen LogP contribution in [0.3, 0.4) is 0 Å². The van der Waals surface area contributed by atoms with Crippen LogP contribution in [0.4, 0.5) is 18.9 Å². The predicted octanol–water partition coefficient (Wildman–Crippen LogP) is 3.77. The van der Waals surface area contributed by atoms with Crippen LogP contribution in [0.25, 0.3) is 10.8 Å². The number of phenolic OH excluding ortho intramolecular Hbond substituents is 1. The highest BCUT2D eigenvalue weighted by molar-refractivity contribution is 5.92. The standard InChI is InChI=1S/C22H22F3N3O3/c1-20(2)11-21(31,22(23,24)25)18(14-8-7-12(29)9-16(14)20)27-17-6-4-5-13-15(17)10-26-28(3)19(13)30/h4-10,18,27,29,31H,11H2,1-3H3. The summed E-state index contributed by atoms with van der Waals surface area (Å²) in [5.74, 6) is -0.0686. The molecule has 4 rings (SSSR count). The quantitative estimate of drug-likeness (QED) is 0.573. The van der Waals surface area contributed by atoms with Gasteiger partial charge in [-0.25, -0.2) is 4.68 Å². The summed E-state index contributed by atoms with van der Waals surface area (Å²) in [6.45, 7) is 3.20. The van der Waals surface area contributed by atoms with Gasteiger partial charge < -0.3 is 15.5 Å². The molecule has 1 heterocycles. The average molecular weight is 433 g/mol. The molecule has 0 aliphatic heterocycles. The van der Waals surface area contributed by atoms with E-state index in [0.29, 0.717) is 16.3 Å². The summed E-state index contributed by atoms with van der Waals surface area (Å²) in [6.07, 6.45) is -4.14. The maximum absolute atomic E-state index is 14.2. The number of anilines is 1. The van der Waals surface area contributed by atoms with Crippen LogP contribution in [0.2, 0.25) is 0 Å². The van der Waals surface area contributed by atoms with Gasteiger partial charge in [0, 0.05) is 18.1 Å². The van der Waals surface area contributed by atoms with Gasteiger partial charge in [-0.3, -0.25) is 4.79 Å². The maximum atomic E-state index is 14.2. The number of rotatable bonds is 2. The SMILES string of the molecule is Cn1ncc2c(NC3c4ccc(O)cc4C(C)(C)CC3(O)C(F)(F)F)cccc2c1=O. The van der Waals surface area contributed by atoms with Gasteiger partial charge in [0.2, 0.25) is 0 Å². The molecule has 0 radical (unpaired) electrons. The van der Waals surface area contributed by atoms with Gasteiger partial charge in [0.05, 0.1) is 17.6 Å². The van der Waals surface area contributed by atoms with Gasteiger partial charge >= 0.3 is 6.18 Å². The number of benzene rings is 2. The number of fused-ring (bicyclic) bond motifs is 2. The molecular formula is C22H22F3N3O3. The van der Waals surface area contributed by atoms with Crippen molar-refractivity contribution in [3.8, 4) is 5.75 Å². The third-order valence-corrected chi connectivity index (χ3v) is 6.05. The molecule has 2 atom stereocenters. The fourth-order valence-corrected chi connectivity index (χ4v) is 4.51. The zero-order valence-corrected chi connectivity index (χ0v) is 17.2. The van der Waals surface area contributed by atoms with Gasteiger partial charge in [-0.05, 0) is 47.2 Å². The van der Waals surface area contributed by atoms with Crippen molar-refractivity contribution in [1.29, 1.82) is 0 Å². The van der Waals surface area contributed by atoms with Crippen molar-refractivity contribution in [2.75, 3.05) is 5.32 Å². The second-order valence-electron chi connectivity index (χ2n) is 8.67. The molecule has 1 aliphatic rings. The normalized spacial score (nSPS) is 22.9. The molecule has 0 bridgehead atoms. The Kier molecular flexibility index (Phi) is 4.59. The first-order chi connectivity index (χ1) is 14.3. The van der Waals surface area contributed by atoms with E-state index >= 15 is 0 Å². The molecule has 1 aromatic heterocycles. The van der Waals surface area contributed by atoms with Crippen LogP contribution in [0.15, 0.2) is 47.4 Å². The zero-order chi connectivity index (χ0) is 22.8. The van der Waals surface area contributed by atoms with Crippen LogP contribution < -0.4 is 10.9 Å². The van der Waals surface area contributed by atoms with E-state index < -0.39 is 29.7 Å². The number of halogens is 3. The summed E-state index contributed by atoms with van der Waals surface area (Å²) < 4.78 is 43.8. The van der Waals surface area contributed by atoms with Gasteiger partial charge in [0.15, 0.2) is 5.60 Å². The van der Waals surface area contributed by atoms with E-state index in [-0.39, 0.29) is 22.6 Å². The Hall–Kier alpha value is -3.07. The molecule has 1 aliphatic carbocycles. The first-order valence-corrected chi connectivity index (χ1v) is 9.69. The van der Waals surface area contributed by atoms with Crippen molar-refractivity contribution in [1.82, 2.24) is 9.78 Å². The number of aromatic nitrogens is 2. The predicted molar refractivity (Wildman–Crippen MR) is 110 cm³/mol. The lowest BCUT2D eigenvalue weighted by molar-refractivity contribution is -0.275. The monoisotopic (exact) mass is 433 g/mol. The summed E-state index contributed by atoms with van der Waals surface area (Å²) in [6, 6.07) is 7.22. The number of nitrogens with zero attached hydrogens (tertiary/aromatic N) is 2. The Balaban J connectivity index is 1.94. The van der Waals surface area contributed by atoms with Crippen molar-refractivity contribution in [2.24, 2.45) is 7.05 Å². The maximum Gasteiger partial charge on any atom is 0.419 e. The highest BCUT2D eigenvalue weighted by Gasteiger charge is 2.63. The third-order valence-electron chi connectivity index (χ3n) is 6.05. The molecule has 2 aromatic carbocycles. The number of hydrogen-bond donors (Lipinski definition) is 3. The van der Waals surface area contributed by atoms with Crippen molar-refractivity contribution >= 4 is 16.5 Å². The van der Waals surface area contributed by atoms with Crippen molar-refractivity contribution in [3.63, 3.8) is 0 Å². The molecular weight excluding hydrogens is 411 g/mol. The van der Waals surface area contributed by atoms with Gasteiger partial charge in [-0.1, -0.05) is 26.0 Å². The van der Waals surface area contributed by atoms with E-state index in [0.717, 1.165) is 4.68 Å². The Bertz CT molecular complexity index is 1240. The van der Waals surface area contributed by atoms with Crippen LogP contribution in [-0.2, 0) is 12.5 Å². The summed E-state index contributed by atoms with van der Waals surface area (Å²) >= 11 is 0. The summed E-state index contributed by atoms with van der Waals surface area (Å²) in [5, 5.41) is 28.4. The first-order valence-electron chi connectivity index (χ1n) is 9.69. The molecule has 0 amide bonds.